The third-order valence-electron chi connectivity index (χ3n) is 3.09. The summed E-state index contributed by atoms with van der Waals surface area (Å²) in [6.07, 6.45) is 7.53. The van der Waals surface area contributed by atoms with E-state index in [0.717, 1.165) is 6.54 Å². The normalized spacial score (nSPS) is 19.6. The first-order chi connectivity index (χ1) is 6.74. The van der Waals surface area contributed by atoms with Crippen LogP contribution in [0, 0.1) is 0 Å². The fraction of sp³-hybridized carbons (Fsp3) is 0.909. The number of rotatable bonds is 4. The van der Waals surface area contributed by atoms with Gasteiger partial charge in [0.05, 0.1) is 6.54 Å². The Labute approximate surface area is 86.1 Å². The molecule has 1 aliphatic rings. The van der Waals surface area contributed by atoms with E-state index < -0.39 is 5.97 Å². The molecule has 0 spiro atoms. The maximum atomic E-state index is 10.7. The summed E-state index contributed by atoms with van der Waals surface area (Å²) in [5.74, 6) is -0.698. The molecule has 0 aromatic heterocycles. The lowest BCUT2D eigenvalue weighted by atomic mass is 10.1. The van der Waals surface area contributed by atoms with Gasteiger partial charge in [-0.05, 0) is 19.4 Å². The van der Waals surface area contributed by atoms with Crippen LogP contribution >= 0.6 is 0 Å². The second kappa shape index (κ2) is 6.02. The van der Waals surface area contributed by atoms with Crippen molar-refractivity contribution in [3.8, 4) is 0 Å². The molecular formula is C11H21NO2. The Kier molecular flexibility index (Phi) is 4.94. The van der Waals surface area contributed by atoms with Gasteiger partial charge >= 0.3 is 5.97 Å². The summed E-state index contributed by atoms with van der Waals surface area (Å²) in [6.45, 7) is 3.12. The summed E-state index contributed by atoms with van der Waals surface area (Å²) in [5, 5.41) is 8.77. The number of aliphatic carboxylic acids is 1. The van der Waals surface area contributed by atoms with Gasteiger partial charge in [-0.25, -0.2) is 0 Å². The molecule has 0 heterocycles. The van der Waals surface area contributed by atoms with Crippen molar-refractivity contribution in [2.24, 2.45) is 0 Å². The standard InChI is InChI=1S/C11H21NO2/c1-2-12(9-11(13)14)10-7-5-3-4-6-8-10/h10H,2-9H2,1H3,(H,13,14). The van der Waals surface area contributed by atoms with Crippen LogP contribution < -0.4 is 0 Å². The first kappa shape index (κ1) is 11.5. The van der Waals surface area contributed by atoms with Gasteiger partial charge in [-0.1, -0.05) is 32.6 Å². The summed E-state index contributed by atoms with van der Waals surface area (Å²) >= 11 is 0. The van der Waals surface area contributed by atoms with E-state index in [2.05, 4.69) is 4.90 Å². The number of hydrogen-bond acceptors (Lipinski definition) is 2. The Balaban J connectivity index is 2.44. The zero-order valence-corrected chi connectivity index (χ0v) is 9.04. The molecule has 3 nitrogen and oxygen atoms in total. The van der Waals surface area contributed by atoms with Gasteiger partial charge in [0, 0.05) is 6.04 Å². The molecule has 0 amide bonds. The molecule has 0 radical (unpaired) electrons. The topological polar surface area (TPSA) is 40.5 Å². The number of carboxylic acid groups (broad SMARTS) is 1. The van der Waals surface area contributed by atoms with Crippen LogP contribution in [0.2, 0.25) is 0 Å². The van der Waals surface area contributed by atoms with Gasteiger partial charge in [0.1, 0.15) is 0 Å². The van der Waals surface area contributed by atoms with Crippen LogP contribution in [0.25, 0.3) is 0 Å². The molecule has 1 fully saturated rings. The molecule has 1 N–H and O–H groups in total. The van der Waals surface area contributed by atoms with E-state index in [1.54, 1.807) is 0 Å². The number of hydrogen-bond donors (Lipinski definition) is 1. The number of carboxylic acids is 1. The fourth-order valence-electron chi connectivity index (χ4n) is 2.30. The summed E-state index contributed by atoms with van der Waals surface area (Å²) in [6, 6.07) is 0.513. The average molecular weight is 199 g/mol. The van der Waals surface area contributed by atoms with Crippen molar-refractivity contribution in [1.29, 1.82) is 0 Å². The number of carbonyl (C=O) groups is 1. The monoisotopic (exact) mass is 199 g/mol. The van der Waals surface area contributed by atoms with E-state index >= 15 is 0 Å². The van der Waals surface area contributed by atoms with E-state index in [9.17, 15) is 4.79 Å². The number of likely N-dealkylation sites (N-methyl/N-ethyl adjacent to an activating group) is 1. The largest absolute Gasteiger partial charge is 0.480 e. The van der Waals surface area contributed by atoms with Gasteiger partial charge in [-0.2, -0.15) is 0 Å². The molecule has 0 aromatic rings. The Morgan fingerprint density at radius 2 is 1.86 bits per heavy atom. The maximum absolute atomic E-state index is 10.7. The highest BCUT2D eigenvalue weighted by Crippen LogP contribution is 2.21. The van der Waals surface area contributed by atoms with E-state index in [0.29, 0.717) is 6.04 Å². The van der Waals surface area contributed by atoms with Crippen molar-refractivity contribution in [3.63, 3.8) is 0 Å². The quantitative estimate of drug-likeness (QED) is 0.705. The Morgan fingerprint density at radius 3 is 2.29 bits per heavy atom. The lowest BCUT2D eigenvalue weighted by Gasteiger charge is -2.28. The van der Waals surface area contributed by atoms with Crippen LogP contribution in [0.5, 0.6) is 0 Å². The van der Waals surface area contributed by atoms with Crippen LogP contribution in [0.4, 0.5) is 0 Å². The lowest BCUT2D eigenvalue weighted by Crippen LogP contribution is -2.38. The second-order valence-electron chi connectivity index (χ2n) is 4.10. The first-order valence-electron chi connectivity index (χ1n) is 5.70. The van der Waals surface area contributed by atoms with Crippen molar-refractivity contribution in [3.05, 3.63) is 0 Å². The van der Waals surface area contributed by atoms with Crippen molar-refractivity contribution in [2.75, 3.05) is 13.1 Å². The molecular weight excluding hydrogens is 178 g/mol. The molecule has 0 aliphatic heterocycles. The molecule has 0 bridgehead atoms. The highest BCUT2D eigenvalue weighted by Gasteiger charge is 2.20. The zero-order valence-electron chi connectivity index (χ0n) is 9.04. The molecule has 82 valence electrons. The minimum Gasteiger partial charge on any atom is -0.480 e. The predicted molar refractivity (Wildman–Crippen MR) is 56.4 cm³/mol. The van der Waals surface area contributed by atoms with Crippen LogP contribution in [0.3, 0.4) is 0 Å². The minimum atomic E-state index is -0.698. The highest BCUT2D eigenvalue weighted by molar-refractivity contribution is 5.69. The molecule has 0 unspecified atom stereocenters. The van der Waals surface area contributed by atoms with Crippen molar-refractivity contribution in [1.82, 2.24) is 4.90 Å². The van der Waals surface area contributed by atoms with E-state index in [4.69, 9.17) is 5.11 Å². The third kappa shape index (κ3) is 3.66. The molecule has 1 aliphatic carbocycles. The summed E-state index contributed by atoms with van der Waals surface area (Å²) in [4.78, 5) is 12.8. The first-order valence-corrected chi connectivity index (χ1v) is 5.70. The molecule has 1 saturated carbocycles. The highest BCUT2D eigenvalue weighted by atomic mass is 16.4. The van der Waals surface area contributed by atoms with Gasteiger partial charge in [0.2, 0.25) is 0 Å². The van der Waals surface area contributed by atoms with Crippen molar-refractivity contribution in [2.45, 2.75) is 51.5 Å². The third-order valence-corrected chi connectivity index (χ3v) is 3.09. The summed E-state index contributed by atoms with van der Waals surface area (Å²) in [7, 11) is 0. The molecule has 0 atom stereocenters. The fourth-order valence-corrected chi connectivity index (χ4v) is 2.30. The smallest absolute Gasteiger partial charge is 0.317 e. The van der Waals surface area contributed by atoms with E-state index in [-0.39, 0.29) is 6.54 Å². The van der Waals surface area contributed by atoms with Gasteiger partial charge < -0.3 is 5.11 Å². The van der Waals surface area contributed by atoms with Gasteiger partial charge in [-0.3, -0.25) is 9.69 Å². The molecule has 3 heteroatoms. The summed E-state index contributed by atoms with van der Waals surface area (Å²) < 4.78 is 0. The Bertz CT molecular complexity index is 174. The Morgan fingerprint density at radius 1 is 1.29 bits per heavy atom. The van der Waals surface area contributed by atoms with E-state index in [1.165, 1.54) is 38.5 Å². The molecule has 0 saturated heterocycles. The SMILES string of the molecule is CCN(CC(=O)O)C1CCCCCC1. The lowest BCUT2D eigenvalue weighted by molar-refractivity contribution is -0.138. The van der Waals surface area contributed by atoms with Gasteiger partial charge in [0.15, 0.2) is 0 Å². The van der Waals surface area contributed by atoms with Crippen LogP contribution in [0.15, 0.2) is 0 Å². The van der Waals surface area contributed by atoms with Gasteiger partial charge in [-0.15, -0.1) is 0 Å². The van der Waals surface area contributed by atoms with Crippen LogP contribution in [-0.2, 0) is 4.79 Å². The molecule has 0 aromatic carbocycles. The van der Waals surface area contributed by atoms with E-state index in [1.807, 2.05) is 6.92 Å². The van der Waals surface area contributed by atoms with Crippen molar-refractivity contribution >= 4 is 5.97 Å². The zero-order chi connectivity index (χ0) is 10.4. The van der Waals surface area contributed by atoms with Crippen LogP contribution in [0.1, 0.15) is 45.4 Å². The average Bonchev–Trinajstić information content (AvgIpc) is 2.41. The maximum Gasteiger partial charge on any atom is 0.317 e. The van der Waals surface area contributed by atoms with Crippen molar-refractivity contribution < 1.29 is 9.90 Å². The van der Waals surface area contributed by atoms with Gasteiger partial charge in [0.25, 0.3) is 0 Å². The molecule has 14 heavy (non-hydrogen) atoms. The van der Waals surface area contributed by atoms with Crippen LogP contribution in [-0.4, -0.2) is 35.1 Å². The second-order valence-corrected chi connectivity index (χ2v) is 4.10. The minimum absolute atomic E-state index is 0.209. The predicted octanol–water partition coefficient (Wildman–Crippen LogP) is 2.12. The molecule has 1 rings (SSSR count). The number of nitrogens with zero attached hydrogens (tertiary/aromatic N) is 1. The Hall–Kier alpha value is -0.570. The summed E-state index contributed by atoms with van der Waals surface area (Å²) in [5.41, 5.74) is 0.